The Morgan fingerprint density at radius 1 is 1.07 bits per heavy atom. The molecule has 0 atom stereocenters. The zero-order valence-corrected chi connectivity index (χ0v) is 17.8. The number of ether oxygens (including phenoxy) is 1. The molecule has 0 spiro atoms. The number of nitrogens with one attached hydrogen (secondary N) is 1. The molecule has 0 saturated carbocycles. The van der Waals surface area contributed by atoms with E-state index in [1.54, 1.807) is 12.1 Å². The third kappa shape index (κ3) is 5.51. The van der Waals surface area contributed by atoms with Crippen molar-refractivity contribution in [1.82, 2.24) is 0 Å². The number of benzene rings is 2. The lowest BCUT2D eigenvalue weighted by Crippen LogP contribution is -2.37. The lowest BCUT2D eigenvalue weighted by molar-refractivity contribution is -0.114. The summed E-state index contributed by atoms with van der Waals surface area (Å²) in [5.74, 6) is -1.23. The first-order chi connectivity index (χ1) is 13.0. The molecule has 1 amide bonds. The Labute approximate surface area is 177 Å². The SMILES string of the molecule is COC(=O)c1cccc(NC(=O)CN(c2cc(Cl)c(Cl)cc2Cl)S(C)(=O)=O)c1. The van der Waals surface area contributed by atoms with Crippen molar-refractivity contribution in [2.45, 2.75) is 0 Å². The maximum absolute atomic E-state index is 12.4. The molecule has 1 N–H and O–H groups in total. The van der Waals surface area contributed by atoms with E-state index in [0.29, 0.717) is 5.69 Å². The van der Waals surface area contributed by atoms with Gasteiger partial charge in [0.1, 0.15) is 6.54 Å². The highest BCUT2D eigenvalue weighted by molar-refractivity contribution is 7.92. The number of carbonyl (C=O) groups excluding carboxylic acids is 2. The number of amides is 1. The number of rotatable bonds is 6. The average molecular weight is 466 g/mol. The Balaban J connectivity index is 2.28. The van der Waals surface area contributed by atoms with Crippen LogP contribution >= 0.6 is 34.8 Å². The van der Waals surface area contributed by atoms with Crippen molar-refractivity contribution in [3.05, 3.63) is 57.0 Å². The zero-order valence-electron chi connectivity index (χ0n) is 14.7. The van der Waals surface area contributed by atoms with Crippen LogP contribution in [0.4, 0.5) is 11.4 Å². The standard InChI is InChI=1S/C17H15Cl3N2O5S/c1-27-17(24)10-4-3-5-11(6-10)21-16(23)9-22(28(2,25)26)15-8-13(19)12(18)7-14(15)20/h3-8H,9H2,1-2H3,(H,21,23). The predicted octanol–water partition coefficient (Wildman–Crippen LogP) is 3.84. The van der Waals surface area contributed by atoms with Crippen LogP contribution in [-0.2, 0) is 19.6 Å². The van der Waals surface area contributed by atoms with Crippen LogP contribution in [0.5, 0.6) is 0 Å². The van der Waals surface area contributed by atoms with Gasteiger partial charge in [-0.15, -0.1) is 0 Å². The van der Waals surface area contributed by atoms with E-state index in [-0.39, 0.29) is 26.3 Å². The number of carbonyl (C=O) groups is 2. The summed E-state index contributed by atoms with van der Waals surface area (Å²) in [5.41, 5.74) is 0.534. The highest BCUT2D eigenvalue weighted by atomic mass is 35.5. The van der Waals surface area contributed by atoms with Crippen molar-refractivity contribution >= 4 is 68.1 Å². The highest BCUT2D eigenvalue weighted by Gasteiger charge is 2.24. The van der Waals surface area contributed by atoms with Gasteiger partial charge in [0.25, 0.3) is 0 Å². The monoisotopic (exact) mass is 464 g/mol. The molecule has 0 unspecified atom stereocenters. The smallest absolute Gasteiger partial charge is 0.337 e. The molecule has 0 bridgehead atoms. The van der Waals surface area contributed by atoms with Crippen LogP contribution < -0.4 is 9.62 Å². The maximum Gasteiger partial charge on any atom is 0.337 e. The summed E-state index contributed by atoms with van der Waals surface area (Å²) in [7, 11) is -2.64. The Hall–Kier alpha value is -2.00. The van der Waals surface area contributed by atoms with E-state index >= 15 is 0 Å². The molecule has 0 aliphatic heterocycles. The normalized spacial score (nSPS) is 11.0. The highest BCUT2D eigenvalue weighted by Crippen LogP contribution is 2.35. The van der Waals surface area contributed by atoms with Crippen molar-refractivity contribution in [3.63, 3.8) is 0 Å². The van der Waals surface area contributed by atoms with Crippen molar-refractivity contribution in [3.8, 4) is 0 Å². The topological polar surface area (TPSA) is 92.8 Å². The van der Waals surface area contributed by atoms with Gasteiger partial charge in [0.05, 0.1) is 39.7 Å². The first kappa shape index (κ1) is 22.3. The second-order valence-electron chi connectivity index (χ2n) is 5.61. The maximum atomic E-state index is 12.4. The molecular weight excluding hydrogens is 451 g/mol. The summed E-state index contributed by atoms with van der Waals surface area (Å²) < 4.78 is 29.8. The van der Waals surface area contributed by atoms with Gasteiger partial charge in [-0.25, -0.2) is 13.2 Å². The number of nitrogens with zero attached hydrogens (tertiary/aromatic N) is 1. The molecule has 2 aromatic carbocycles. The van der Waals surface area contributed by atoms with E-state index in [2.05, 4.69) is 10.1 Å². The van der Waals surface area contributed by atoms with Gasteiger partial charge in [0.15, 0.2) is 0 Å². The molecule has 0 aromatic heterocycles. The number of methoxy groups -OCH3 is 1. The van der Waals surface area contributed by atoms with E-state index in [1.807, 2.05) is 0 Å². The van der Waals surface area contributed by atoms with Gasteiger partial charge in [0, 0.05) is 5.69 Å². The molecule has 0 fully saturated rings. The molecule has 0 radical (unpaired) electrons. The molecule has 0 aliphatic carbocycles. The fraction of sp³-hybridized carbons (Fsp3) is 0.176. The minimum atomic E-state index is -3.87. The van der Waals surface area contributed by atoms with Crippen molar-refractivity contribution < 1.29 is 22.7 Å². The fourth-order valence-electron chi connectivity index (χ4n) is 2.26. The lowest BCUT2D eigenvalue weighted by Gasteiger charge is -2.23. The molecule has 2 aromatic rings. The Morgan fingerprint density at radius 3 is 2.32 bits per heavy atom. The molecule has 28 heavy (non-hydrogen) atoms. The molecule has 150 valence electrons. The first-order valence-electron chi connectivity index (χ1n) is 7.63. The van der Waals surface area contributed by atoms with Crippen molar-refractivity contribution in [2.75, 3.05) is 29.5 Å². The second-order valence-corrected chi connectivity index (χ2v) is 8.74. The molecule has 7 nitrogen and oxygen atoms in total. The number of esters is 1. The van der Waals surface area contributed by atoms with Crippen molar-refractivity contribution in [2.24, 2.45) is 0 Å². The van der Waals surface area contributed by atoms with E-state index < -0.39 is 28.4 Å². The molecular formula is C17H15Cl3N2O5S. The molecule has 0 aliphatic rings. The quantitative estimate of drug-likeness (QED) is 0.517. The van der Waals surface area contributed by atoms with E-state index in [0.717, 1.165) is 10.6 Å². The van der Waals surface area contributed by atoms with E-state index in [4.69, 9.17) is 34.8 Å². The van der Waals surface area contributed by atoms with Crippen LogP contribution in [0.3, 0.4) is 0 Å². The summed E-state index contributed by atoms with van der Waals surface area (Å²) >= 11 is 17.9. The Morgan fingerprint density at radius 2 is 1.71 bits per heavy atom. The van der Waals surface area contributed by atoms with Gasteiger partial charge in [0.2, 0.25) is 15.9 Å². The minimum Gasteiger partial charge on any atom is -0.465 e. The summed E-state index contributed by atoms with van der Waals surface area (Å²) in [5, 5.41) is 2.77. The molecule has 11 heteroatoms. The number of anilines is 2. The third-order valence-corrected chi connectivity index (χ3v) is 5.66. The van der Waals surface area contributed by atoms with Crippen LogP contribution in [0.25, 0.3) is 0 Å². The van der Waals surface area contributed by atoms with Gasteiger partial charge in [-0.05, 0) is 30.3 Å². The molecule has 0 saturated heterocycles. The summed E-state index contributed by atoms with van der Waals surface area (Å²) in [4.78, 5) is 24.0. The van der Waals surface area contributed by atoms with Crippen LogP contribution in [0.1, 0.15) is 10.4 Å². The van der Waals surface area contributed by atoms with Crippen LogP contribution in [0.15, 0.2) is 36.4 Å². The Bertz CT molecular complexity index is 1030. The average Bonchev–Trinajstić information content (AvgIpc) is 2.61. The predicted molar refractivity (Wildman–Crippen MR) is 110 cm³/mol. The molecule has 2 rings (SSSR count). The summed E-state index contributed by atoms with van der Waals surface area (Å²) in [6, 6.07) is 8.56. The Kier molecular flexibility index (Phi) is 7.16. The number of sulfonamides is 1. The van der Waals surface area contributed by atoms with Gasteiger partial charge in [-0.2, -0.15) is 0 Å². The van der Waals surface area contributed by atoms with Crippen LogP contribution in [0, 0.1) is 0 Å². The summed E-state index contributed by atoms with van der Waals surface area (Å²) in [6.45, 7) is -0.570. The number of hydrogen-bond acceptors (Lipinski definition) is 5. The third-order valence-electron chi connectivity index (χ3n) is 3.51. The van der Waals surface area contributed by atoms with Gasteiger partial charge in [-0.3, -0.25) is 9.10 Å². The second kappa shape index (κ2) is 9.00. The van der Waals surface area contributed by atoms with E-state index in [1.165, 1.54) is 31.4 Å². The van der Waals surface area contributed by atoms with Gasteiger partial charge >= 0.3 is 5.97 Å². The van der Waals surface area contributed by atoms with E-state index in [9.17, 15) is 18.0 Å². The van der Waals surface area contributed by atoms with Crippen LogP contribution in [-0.4, -0.2) is 40.2 Å². The molecule has 0 heterocycles. The van der Waals surface area contributed by atoms with Gasteiger partial charge < -0.3 is 10.1 Å². The fourth-order valence-corrected chi connectivity index (χ4v) is 3.81. The number of hydrogen-bond donors (Lipinski definition) is 1. The largest absolute Gasteiger partial charge is 0.465 e. The first-order valence-corrected chi connectivity index (χ1v) is 10.6. The van der Waals surface area contributed by atoms with Gasteiger partial charge in [-0.1, -0.05) is 40.9 Å². The lowest BCUT2D eigenvalue weighted by atomic mass is 10.2. The van der Waals surface area contributed by atoms with Crippen molar-refractivity contribution in [1.29, 1.82) is 0 Å². The zero-order chi connectivity index (χ0) is 21.1. The van der Waals surface area contributed by atoms with Crippen LogP contribution in [0.2, 0.25) is 15.1 Å². The minimum absolute atomic E-state index is 0.0111. The summed E-state index contributed by atoms with van der Waals surface area (Å²) in [6.07, 6.45) is 0.928. The number of halogens is 3.